The molecule has 0 aliphatic rings. The van der Waals surface area contributed by atoms with Crippen LogP contribution in [0.25, 0.3) is 0 Å². The molecular weight excluding hydrogens is 237 g/mol. The van der Waals surface area contributed by atoms with Crippen molar-refractivity contribution in [2.24, 2.45) is 0 Å². The molecule has 1 nitrogen and oxygen atoms in total. The van der Waals surface area contributed by atoms with Crippen LogP contribution in [-0.2, 0) is 0 Å². The van der Waals surface area contributed by atoms with Crippen LogP contribution in [0.15, 0.2) is 54.6 Å². The SMILES string of the molecule is C[C@@H](NCC#Cc1ccccc1)c1ccccc1F. The van der Waals surface area contributed by atoms with Crippen LogP contribution in [-0.4, -0.2) is 6.54 Å². The molecule has 0 amide bonds. The van der Waals surface area contributed by atoms with Gasteiger partial charge in [0.1, 0.15) is 5.82 Å². The number of hydrogen-bond donors (Lipinski definition) is 1. The number of rotatable bonds is 3. The minimum Gasteiger partial charge on any atom is -0.299 e. The molecule has 1 N–H and O–H groups in total. The fraction of sp³-hybridized carbons (Fsp3) is 0.176. The van der Waals surface area contributed by atoms with E-state index in [0.29, 0.717) is 12.1 Å². The average molecular weight is 253 g/mol. The molecule has 1 atom stereocenters. The highest BCUT2D eigenvalue weighted by Crippen LogP contribution is 2.15. The van der Waals surface area contributed by atoms with Gasteiger partial charge in [0.25, 0.3) is 0 Å². The van der Waals surface area contributed by atoms with Gasteiger partial charge in [-0.05, 0) is 25.1 Å². The molecular formula is C17H16FN. The zero-order valence-electron chi connectivity index (χ0n) is 10.9. The van der Waals surface area contributed by atoms with Crippen molar-refractivity contribution in [3.63, 3.8) is 0 Å². The van der Waals surface area contributed by atoms with Crippen LogP contribution in [0.3, 0.4) is 0 Å². The summed E-state index contributed by atoms with van der Waals surface area (Å²) in [7, 11) is 0. The van der Waals surface area contributed by atoms with Crippen LogP contribution in [0.4, 0.5) is 4.39 Å². The van der Waals surface area contributed by atoms with Gasteiger partial charge in [-0.3, -0.25) is 5.32 Å². The quantitative estimate of drug-likeness (QED) is 0.825. The van der Waals surface area contributed by atoms with Gasteiger partial charge in [-0.25, -0.2) is 4.39 Å². The molecule has 2 heteroatoms. The summed E-state index contributed by atoms with van der Waals surface area (Å²) in [5.41, 5.74) is 1.66. The first-order valence-electron chi connectivity index (χ1n) is 6.29. The Morgan fingerprint density at radius 2 is 1.74 bits per heavy atom. The van der Waals surface area contributed by atoms with Gasteiger partial charge in [0.05, 0.1) is 6.54 Å². The zero-order chi connectivity index (χ0) is 13.5. The molecule has 0 aliphatic heterocycles. The summed E-state index contributed by atoms with van der Waals surface area (Å²) < 4.78 is 13.5. The van der Waals surface area contributed by atoms with Gasteiger partial charge >= 0.3 is 0 Å². The minimum absolute atomic E-state index is 0.0497. The van der Waals surface area contributed by atoms with Gasteiger partial charge in [0.15, 0.2) is 0 Å². The van der Waals surface area contributed by atoms with E-state index in [1.807, 2.05) is 43.3 Å². The Balaban J connectivity index is 1.90. The van der Waals surface area contributed by atoms with E-state index >= 15 is 0 Å². The number of nitrogens with one attached hydrogen (secondary N) is 1. The van der Waals surface area contributed by atoms with Crippen LogP contribution >= 0.6 is 0 Å². The lowest BCUT2D eigenvalue weighted by atomic mass is 10.1. The Morgan fingerprint density at radius 3 is 2.47 bits per heavy atom. The predicted octanol–water partition coefficient (Wildman–Crippen LogP) is 3.53. The number of halogens is 1. The molecule has 0 bridgehead atoms. The summed E-state index contributed by atoms with van der Waals surface area (Å²) in [5.74, 6) is 5.92. The van der Waals surface area contributed by atoms with Gasteiger partial charge < -0.3 is 0 Å². The van der Waals surface area contributed by atoms with E-state index in [0.717, 1.165) is 5.56 Å². The molecule has 2 aromatic rings. The molecule has 0 fully saturated rings. The van der Waals surface area contributed by atoms with E-state index in [-0.39, 0.29) is 11.9 Å². The summed E-state index contributed by atoms with van der Waals surface area (Å²) in [5, 5.41) is 3.20. The van der Waals surface area contributed by atoms with Crippen LogP contribution in [0.5, 0.6) is 0 Å². The molecule has 2 aromatic carbocycles. The van der Waals surface area contributed by atoms with Crippen molar-refractivity contribution < 1.29 is 4.39 Å². The zero-order valence-corrected chi connectivity index (χ0v) is 10.9. The lowest BCUT2D eigenvalue weighted by Crippen LogP contribution is -2.19. The van der Waals surface area contributed by atoms with E-state index in [4.69, 9.17) is 0 Å². The summed E-state index contributed by atoms with van der Waals surface area (Å²) in [6.07, 6.45) is 0. The maximum absolute atomic E-state index is 13.5. The Hall–Kier alpha value is -2.11. The second kappa shape index (κ2) is 6.72. The Morgan fingerprint density at radius 1 is 1.05 bits per heavy atom. The van der Waals surface area contributed by atoms with Crippen LogP contribution in [0.1, 0.15) is 24.1 Å². The Bertz CT molecular complexity index is 581. The molecule has 0 aromatic heterocycles. The number of hydrogen-bond acceptors (Lipinski definition) is 1. The fourth-order valence-electron chi connectivity index (χ4n) is 1.81. The first-order chi connectivity index (χ1) is 9.27. The first kappa shape index (κ1) is 13.3. The molecule has 0 radical (unpaired) electrons. The third-order valence-corrected chi connectivity index (χ3v) is 2.87. The van der Waals surface area contributed by atoms with Gasteiger partial charge in [-0.15, -0.1) is 0 Å². The summed E-state index contributed by atoms with van der Waals surface area (Å²) in [4.78, 5) is 0. The normalized spacial score (nSPS) is 11.5. The maximum atomic E-state index is 13.5. The first-order valence-corrected chi connectivity index (χ1v) is 6.29. The topological polar surface area (TPSA) is 12.0 Å². The standard InChI is InChI=1S/C17H16FN/c1-14(16-11-5-6-12-17(16)18)19-13-7-10-15-8-3-2-4-9-15/h2-6,8-9,11-12,14,19H,13H2,1H3/t14-/m1/s1. The predicted molar refractivity (Wildman–Crippen MR) is 76.1 cm³/mol. The largest absolute Gasteiger partial charge is 0.299 e. The molecule has 2 rings (SSSR count). The summed E-state index contributed by atoms with van der Waals surface area (Å²) >= 11 is 0. The van der Waals surface area contributed by atoms with E-state index < -0.39 is 0 Å². The van der Waals surface area contributed by atoms with Crippen molar-refractivity contribution in [2.45, 2.75) is 13.0 Å². The molecule has 19 heavy (non-hydrogen) atoms. The smallest absolute Gasteiger partial charge is 0.127 e. The molecule has 0 unspecified atom stereocenters. The summed E-state index contributed by atoms with van der Waals surface area (Å²) in [6.45, 7) is 2.47. The van der Waals surface area contributed by atoms with Crippen molar-refractivity contribution in [3.8, 4) is 11.8 Å². The Kier molecular flexibility index (Phi) is 4.72. The van der Waals surface area contributed by atoms with Crippen molar-refractivity contribution in [1.82, 2.24) is 5.32 Å². The fourth-order valence-corrected chi connectivity index (χ4v) is 1.81. The van der Waals surface area contributed by atoms with Gasteiger partial charge in [-0.2, -0.15) is 0 Å². The second-order valence-electron chi connectivity index (χ2n) is 4.29. The average Bonchev–Trinajstić information content (AvgIpc) is 2.45. The van der Waals surface area contributed by atoms with Crippen molar-refractivity contribution >= 4 is 0 Å². The molecule has 0 spiro atoms. The monoisotopic (exact) mass is 253 g/mol. The van der Waals surface area contributed by atoms with Crippen LogP contribution < -0.4 is 5.32 Å². The van der Waals surface area contributed by atoms with E-state index in [1.165, 1.54) is 6.07 Å². The van der Waals surface area contributed by atoms with E-state index in [9.17, 15) is 4.39 Å². The third kappa shape index (κ3) is 3.94. The highest BCUT2D eigenvalue weighted by atomic mass is 19.1. The third-order valence-electron chi connectivity index (χ3n) is 2.87. The molecule has 0 saturated carbocycles. The van der Waals surface area contributed by atoms with Gasteiger partial charge in [-0.1, -0.05) is 48.2 Å². The molecule has 96 valence electrons. The lowest BCUT2D eigenvalue weighted by molar-refractivity contribution is 0.551. The highest BCUT2D eigenvalue weighted by Gasteiger charge is 2.07. The van der Waals surface area contributed by atoms with Crippen molar-refractivity contribution in [1.29, 1.82) is 0 Å². The van der Waals surface area contributed by atoms with E-state index in [2.05, 4.69) is 17.2 Å². The maximum Gasteiger partial charge on any atom is 0.127 e. The lowest BCUT2D eigenvalue weighted by Gasteiger charge is -2.12. The van der Waals surface area contributed by atoms with Crippen LogP contribution in [0, 0.1) is 17.7 Å². The highest BCUT2D eigenvalue weighted by molar-refractivity contribution is 5.33. The van der Waals surface area contributed by atoms with Crippen molar-refractivity contribution in [2.75, 3.05) is 6.54 Å². The van der Waals surface area contributed by atoms with Crippen LogP contribution in [0.2, 0.25) is 0 Å². The molecule has 0 aliphatic carbocycles. The summed E-state index contributed by atoms with van der Waals surface area (Å²) in [6, 6.07) is 16.6. The molecule has 0 heterocycles. The van der Waals surface area contributed by atoms with E-state index in [1.54, 1.807) is 12.1 Å². The number of benzene rings is 2. The molecule has 0 saturated heterocycles. The van der Waals surface area contributed by atoms with Gasteiger partial charge in [0.2, 0.25) is 0 Å². The minimum atomic E-state index is -0.182. The second-order valence-corrected chi connectivity index (χ2v) is 4.29. The van der Waals surface area contributed by atoms with Crippen molar-refractivity contribution in [3.05, 3.63) is 71.5 Å². The van der Waals surface area contributed by atoms with Gasteiger partial charge in [0, 0.05) is 17.2 Å². The Labute approximate surface area is 113 Å².